The molecule has 0 spiro atoms. The summed E-state index contributed by atoms with van der Waals surface area (Å²) < 4.78 is 11.4. The van der Waals surface area contributed by atoms with Crippen LogP contribution in [0, 0.1) is 0 Å². The molecule has 0 aliphatic rings. The zero-order chi connectivity index (χ0) is 15.8. The smallest absolute Gasteiger partial charge is 0.257 e. The van der Waals surface area contributed by atoms with Gasteiger partial charge in [-0.25, -0.2) is 0 Å². The standard InChI is InChI=1S/C15H15BrClNO3S/c16-13-8-11(17)3-4-14(13)21-9-15(19)18-5-7-22-10-12-2-1-6-20-12/h1-4,6,8H,5,7,9-10H2,(H,18,19). The molecular weight excluding hydrogens is 390 g/mol. The lowest BCUT2D eigenvalue weighted by Crippen LogP contribution is -2.30. The molecule has 4 nitrogen and oxygen atoms in total. The molecule has 1 heterocycles. The Balaban J connectivity index is 1.59. The van der Waals surface area contributed by atoms with Crippen molar-refractivity contribution in [3.05, 3.63) is 51.9 Å². The van der Waals surface area contributed by atoms with E-state index in [1.165, 1.54) is 0 Å². The highest BCUT2D eigenvalue weighted by atomic mass is 79.9. The summed E-state index contributed by atoms with van der Waals surface area (Å²) in [6, 6.07) is 8.96. The average Bonchev–Trinajstić information content (AvgIpc) is 2.99. The third-order valence-electron chi connectivity index (χ3n) is 2.65. The number of carbonyl (C=O) groups excluding carboxylic acids is 1. The quantitative estimate of drug-likeness (QED) is 0.672. The highest BCUT2D eigenvalue weighted by Crippen LogP contribution is 2.27. The Kier molecular flexibility index (Phi) is 7.15. The SMILES string of the molecule is O=C(COc1ccc(Cl)cc1Br)NCCSCc1ccco1. The number of furan rings is 1. The lowest BCUT2D eigenvalue weighted by atomic mass is 10.3. The topological polar surface area (TPSA) is 51.5 Å². The molecule has 0 fully saturated rings. The van der Waals surface area contributed by atoms with Crippen LogP contribution in [0.5, 0.6) is 5.75 Å². The van der Waals surface area contributed by atoms with Gasteiger partial charge in [-0.15, -0.1) is 0 Å². The van der Waals surface area contributed by atoms with Crippen LogP contribution < -0.4 is 10.1 Å². The average molecular weight is 405 g/mol. The Hall–Kier alpha value is -1.11. The van der Waals surface area contributed by atoms with E-state index in [9.17, 15) is 4.79 Å². The van der Waals surface area contributed by atoms with E-state index in [1.54, 1.807) is 36.2 Å². The van der Waals surface area contributed by atoms with Gasteiger partial charge < -0.3 is 14.5 Å². The van der Waals surface area contributed by atoms with Crippen LogP contribution in [0.3, 0.4) is 0 Å². The number of nitrogens with one attached hydrogen (secondary N) is 1. The van der Waals surface area contributed by atoms with Gasteiger partial charge in [-0.3, -0.25) is 4.79 Å². The van der Waals surface area contributed by atoms with Crippen molar-refractivity contribution in [2.24, 2.45) is 0 Å². The fourth-order valence-corrected chi connectivity index (χ4v) is 3.17. The minimum Gasteiger partial charge on any atom is -0.483 e. The molecule has 0 aliphatic carbocycles. The Labute approximate surface area is 146 Å². The van der Waals surface area contributed by atoms with Crippen LogP contribution in [0.2, 0.25) is 5.02 Å². The number of carbonyl (C=O) groups is 1. The molecule has 0 unspecified atom stereocenters. The molecule has 0 saturated carbocycles. The molecule has 0 bridgehead atoms. The van der Waals surface area contributed by atoms with E-state index in [1.807, 2.05) is 12.1 Å². The minimum atomic E-state index is -0.152. The maximum atomic E-state index is 11.7. The Morgan fingerprint density at radius 1 is 1.41 bits per heavy atom. The van der Waals surface area contributed by atoms with Gasteiger partial charge >= 0.3 is 0 Å². The van der Waals surface area contributed by atoms with E-state index in [4.69, 9.17) is 20.8 Å². The molecular formula is C15H15BrClNO3S. The summed E-state index contributed by atoms with van der Waals surface area (Å²) in [7, 11) is 0. The largest absolute Gasteiger partial charge is 0.483 e. The second kappa shape index (κ2) is 9.12. The number of ether oxygens (including phenoxy) is 1. The van der Waals surface area contributed by atoms with E-state index in [0.717, 1.165) is 21.7 Å². The highest BCUT2D eigenvalue weighted by molar-refractivity contribution is 9.10. The van der Waals surface area contributed by atoms with Gasteiger partial charge in [0, 0.05) is 17.3 Å². The van der Waals surface area contributed by atoms with Gasteiger partial charge in [-0.05, 0) is 46.3 Å². The van der Waals surface area contributed by atoms with Gasteiger partial charge in [0.2, 0.25) is 0 Å². The first-order chi connectivity index (χ1) is 10.6. The number of amides is 1. The molecule has 1 aromatic heterocycles. The molecule has 2 rings (SSSR count). The predicted octanol–water partition coefficient (Wildman–Crippen LogP) is 4.12. The summed E-state index contributed by atoms with van der Waals surface area (Å²) >= 11 is 10.9. The van der Waals surface area contributed by atoms with Crippen molar-refractivity contribution in [1.82, 2.24) is 5.32 Å². The lowest BCUT2D eigenvalue weighted by Gasteiger charge is -2.09. The molecule has 0 aliphatic heterocycles. The third kappa shape index (κ3) is 5.94. The number of rotatable bonds is 8. The van der Waals surface area contributed by atoms with Gasteiger partial charge in [0.1, 0.15) is 11.5 Å². The number of halogens is 2. The Bertz CT molecular complexity index is 607. The number of benzene rings is 1. The zero-order valence-electron chi connectivity index (χ0n) is 11.7. The van der Waals surface area contributed by atoms with E-state index >= 15 is 0 Å². The van der Waals surface area contributed by atoms with E-state index in [0.29, 0.717) is 17.3 Å². The molecule has 7 heteroatoms. The van der Waals surface area contributed by atoms with Crippen LogP contribution in [0.1, 0.15) is 5.76 Å². The molecule has 1 aromatic carbocycles. The fourth-order valence-electron chi connectivity index (χ4n) is 1.62. The third-order valence-corrected chi connectivity index (χ3v) is 4.48. The molecule has 0 radical (unpaired) electrons. The molecule has 118 valence electrons. The van der Waals surface area contributed by atoms with Gasteiger partial charge in [0.15, 0.2) is 6.61 Å². The van der Waals surface area contributed by atoms with E-state index < -0.39 is 0 Å². The zero-order valence-corrected chi connectivity index (χ0v) is 14.8. The highest BCUT2D eigenvalue weighted by Gasteiger charge is 2.06. The van der Waals surface area contributed by atoms with Crippen molar-refractivity contribution in [3.8, 4) is 5.75 Å². The Morgan fingerprint density at radius 3 is 3.00 bits per heavy atom. The maximum Gasteiger partial charge on any atom is 0.257 e. The molecule has 22 heavy (non-hydrogen) atoms. The lowest BCUT2D eigenvalue weighted by molar-refractivity contribution is -0.122. The summed E-state index contributed by atoms with van der Waals surface area (Å²) in [6.07, 6.45) is 1.66. The van der Waals surface area contributed by atoms with Gasteiger partial charge in [-0.2, -0.15) is 11.8 Å². The van der Waals surface area contributed by atoms with Crippen molar-refractivity contribution in [3.63, 3.8) is 0 Å². The molecule has 0 atom stereocenters. The molecule has 2 aromatic rings. The summed E-state index contributed by atoms with van der Waals surface area (Å²) in [5.41, 5.74) is 0. The predicted molar refractivity (Wildman–Crippen MR) is 92.5 cm³/mol. The minimum absolute atomic E-state index is 0.0247. The van der Waals surface area contributed by atoms with Crippen LogP contribution in [-0.4, -0.2) is 24.8 Å². The second-order valence-corrected chi connectivity index (χ2v) is 6.74. The van der Waals surface area contributed by atoms with Crippen molar-refractivity contribution < 1.29 is 13.9 Å². The summed E-state index contributed by atoms with van der Waals surface area (Å²) in [6.45, 7) is 0.568. The second-order valence-electron chi connectivity index (χ2n) is 4.35. The first kappa shape index (κ1) is 17.2. The molecule has 0 saturated heterocycles. The van der Waals surface area contributed by atoms with Gasteiger partial charge in [0.25, 0.3) is 5.91 Å². The summed E-state index contributed by atoms with van der Waals surface area (Å²) in [5.74, 6) is 2.99. The summed E-state index contributed by atoms with van der Waals surface area (Å²) in [5, 5.41) is 3.42. The van der Waals surface area contributed by atoms with Gasteiger partial charge in [-0.1, -0.05) is 11.6 Å². The van der Waals surface area contributed by atoms with Crippen LogP contribution >= 0.6 is 39.3 Å². The van der Waals surface area contributed by atoms with Crippen molar-refractivity contribution >= 4 is 45.2 Å². The maximum absolute atomic E-state index is 11.7. The number of hydrogen-bond acceptors (Lipinski definition) is 4. The van der Waals surface area contributed by atoms with Crippen LogP contribution in [-0.2, 0) is 10.5 Å². The number of hydrogen-bond donors (Lipinski definition) is 1. The van der Waals surface area contributed by atoms with Gasteiger partial charge in [0.05, 0.1) is 16.5 Å². The van der Waals surface area contributed by atoms with E-state index in [-0.39, 0.29) is 12.5 Å². The van der Waals surface area contributed by atoms with E-state index in [2.05, 4.69) is 21.2 Å². The normalized spacial score (nSPS) is 10.5. The number of thioether (sulfide) groups is 1. The van der Waals surface area contributed by atoms with Crippen molar-refractivity contribution in [2.75, 3.05) is 18.9 Å². The van der Waals surface area contributed by atoms with Crippen LogP contribution in [0.25, 0.3) is 0 Å². The first-order valence-corrected chi connectivity index (χ1v) is 8.92. The van der Waals surface area contributed by atoms with Crippen LogP contribution in [0.15, 0.2) is 45.5 Å². The Morgan fingerprint density at radius 2 is 2.27 bits per heavy atom. The first-order valence-electron chi connectivity index (χ1n) is 6.60. The molecule has 1 N–H and O–H groups in total. The van der Waals surface area contributed by atoms with Crippen molar-refractivity contribution in [2.45, 2.75) is 5.75 Å². The monoisotopic (exact) mass is 403 g/mol. The fraction of sp³-hybridized carbons (Fsp3) is 0.267. The van der Waals surface area contributed by atoms with Crippen molar-refractivity contribution in [1.29, 1.82) is 0 Å². The van der Waals surface area contributed by atoms with Crippen LogP contribution in [0.4, 0.5) is 0 Å². The summed E-state index contributed by atoms with van der Waals surface area (Å²) in [4.78, 5) is 11.7. The molecule has 1 amide bonds.